The lowest BCUT2D eigenvalue weighted by Crippen LogP contribution is -2.64. The first-order chi connectivity index (χ1) is 30.8. The molecule has 0 aliphatic carbocycles. The Morgan fingerprint density at radius 2 is 1.14 bits per heavy atom. The summed E-state index contributed by atoms with van der Waals surface area (Å²) in [4.78, 5) is 70.7. The highest BCUT2D eigenvalue weighted by Gasteiger charge is 2.55. The zero-order valence-electron chi connectivity index (χ0n) is 42.2. The van der Waals surface area contributed by atoms with Gasteiger partial charge >= 0.3 is 29.8 Å². The van der Waals surface area contributed by atoms with Gasteiger partial charge in [-0.15, -0.1) is 0 Å². The van der Waals surface area contributed by atoms with Gasteiger partial charge in [-0.1, -0.05) is 101 Å². The van der Waals surface area contributed by atoms with Crippen LogP contribution in [0.15, 0.2) is 47.6 Å². The second kappa shape index (κ2) is 27.4. The van der Waals surface area contributed by atoms with Crippen molar-refractivity contribution in [3.05, 3.63) is 58.5 Å². The topological polar surface area (TPSA) is 199 Å². The standard InChI is InChI=1S/C51H81N3O12/c1-14-15-16-17-18-19-20-21-22-23-24-25-29-32-37(62-42(55)35-30-27-26-28-31-35)36(53-54-52)33-60-43-41(66-47(59)51(11,12)13)40(65-46(58)50(8,9)10)39(64-45(57)49(5,6)7)38(63-43)34-61-44(56)48(2,3)4/h26-32,36-41,43H,14-25,33-34H2,1-13H3/t36-,37+,38+,39+,40-,41+,43+/m0/s1. The molecule has 0 amide bonds. The highest BCUT2D eigenvalue weighted by molar-refractivity contribution is 5.89. The van der Waals surface area contributed by atoms with E-state index >= 15 is 0 Å². The fourth-order valence-corrected chi connectivity index (χ4v) is 6.45. The van der Waals surface area contributed by atoms with Crippen molar-refractivity contribution in [3.8, 4) is 0 Å². The van der Waals surface area contributed by atoms with Crippen molar-refractivity contribution >= 4 is 29.8 Å². The molecular weight excluding hydrogens is 847 g/mol. The number of carbonyl (C=O) groups excluding carboxylic acids is 5. The molecule has 1 aliphatic rings. The van der Waals surface area contributed by atoms with Crippen molar-refractivity contribution in [2.24, 2.45) is 26.8 Å². The van der Waals surface area contributed by atoms with E-state index in [1.807, 2.05) is 6.08 Å². The SMILES string of the molecule is CCCCCCCCCCCCCC=C[C@@H](OC(=O)c1ccccc1)[C@H](CO[C@@H]1O[C@H](COC(=O)C(C)(C)C)[C@@H](OC(=O)C(C)(C)C)[C@H](OC(=O)C(C)(C)C)[C@H]1OC(=O)C(C)(C)C)N=[N+]=[N-]. The molecule has 0 radical (unpaired) electrons. The van der Waals surface area contributed by atoms with Gasteiger partial charge in [0.2, 0.25) is 0 Å². The predicted octanol–water partition coefficient (Wildman–Crippen LogP) is 11.4. The van der Waals surface area contributed by atoms with E-state index in [4.69, 9.17) is 33.2 Å². The van der Waals surface area contributed by atoms with Gasteiger partial charge in [0.05, 0.1) is 33.8 Å². The first-order valence-corrected chi connectivity index (χ1v) is 23.9. The Bertz CT molecular complexity index is 1750. The number of rotatable bonds is 25. The minimum atomic E-state index is -1.60. The lowest BCUT2D eigenvalue weighted by molar-refractivity contribution is -0.313. The van der Waals surface area contributed by atoms with E-state index in [0.29, 0.717) is 6.42 Å². The molecule has 1 heterocycles. The molecule has 1 saturated heterocycles. The number of azide groups is 1. The molecule has 1 aromatic rings. The van der Waals surface area contributed by atoms with Crippen LogP contribution in [0.1, 0.15) is 177 Å². The number of hydrogen-bond donors (Lipinski definition) is 0. The van der Waals surface area contributed by atoms with Gasteiger partial charge in [0, 0.05) is 4.91 Å². The van der Waals surface area contributed by atoms with Gasteiger partial charge in [0.25, 0.3) is 0 Å². The normalized spacial score (nSPS) is 20.1. The lowest BCUT2D eigenvalue weighted by atomic mass is 9.93. The lowest BCUT2D eigenvalue weighted by Gasteiger charge is -2.46. The Morgan fingerprint density at radius 3 is 1.62 bits per heavy atom. The summed E-state index contributed by atoms with van der Waals surface area (Å²) in [6.07, 6.45) is 8.72. The number of benzene rings is 1. The highest BCUT2D eigenvalue weighted by atomic mass is 16.7. The molecule has 372 valence electrons. The molecular formula is C51H81N3O12. The zero-order valence-corrected chi connectivity index (χ0v) is 42.2. The second-order valence-corrected chi connectivity index (χ2v) is 21.3. The van der Waals surface area contributed by atoms with Crippen LogP contribution in [-0.2, 0) is 52.3 Å². The molecule has 0 N–H and O–H groups in total. The number of unbranched alkanes of at least 4 members (excludes halogenated alkanes) is 11. The van der Waals surface area contributed by atoms with Crippen LogP contribution in [0.2, 0.25) is 0 Å². The summed E-state index contributed by atoms with van der Waals surface area (Å²) in [7, 11) is 0. The van der Waals surface area contributed by atoms with E-state index in [-0.39, 0.29) is 5.56 Å². The average Bonchev–Trinajstić information content (AvgIpc) is 3.23. The average molecular weight is 928 g/mol. The van der Waals surface area contributed by atoms with Crippen LogP contribution in [0.5, 0.6) is 0 Å². The van der Waals surface area contributed by atoms with E-state index in [1.54, 1.807) is 119 Å². The van der Waals surface area contributed by atoms with Crippen molar-refractivity contribution < 1.29 is 57.1 Å². The van der Waals surface area contributed by atoms with E-state index in [9.17, 15) is 29.5 Å². The van der Waals surface area contributed by atoms with Gasteiger partial charge < -0.3 is 33.2 Å². The van der Waals surface area contributed by atoms with Crippen molar-refractivity contribution in [2.75, 3.05) is 13.2 Å². The number of carbonyl (C=O) groups is 5. The maximum atomic E-state index is 13.7. The van der Waals surface area contributed by atoms with Crippen LogP contribution in [-0.4, -0.2) is 85.9 Å². The summed E-state index contributed by atoms with van der Waals surface area (Å²) >= 11 is 0. The molecule has 7 atom stereocenters. The Hall–Kier alpha value is -4.46. The monoisotopic (exact) mass is 928 g/mol. The van der Waals surface area contributed by atoms with Crippen LogP contribution in [0, 0.1) is 21.7 Å². The molecule has 1 aromatic carbocycles. The molecule has 0 aromatic heterocycles. The minimum absolute atomic E-state index is 0.277. The third-order valence-electron chi connectivity index (χ3n) is 10.7. The largest absolute Gasteiger partial charge is 0.462 e. The van der Waals surface area contributed by atoms with Gasteiger partial charge in [0.15, 0.2) is 24.6 Å². The van der Waals surface area contributed by atoms with Gasteiger partial charge in [-0.25, -0.2) is 4.79 Å². The molecule has 0 unspecified atom stereocenters. The summed E-state index contributed by atoms with van der Waals surface area (Å²) < 4.78 is 42.7. The van der Waals surface area contributed by atoms with Crippen LogP contribution < -0.4 is 0 Å². The number of ether oxygens (including phenoxy) is 7. The van der Waals surface area contributed by atoms with Crippen LogP contribution in [0.3, 0.4) is 0 Å². The van der Waals surface area contributed by atoms with Gasteiger partial charge in [0.1, 0.15) is 24.9 Å². The maximum absolute atomic E-state index is 13.7. The molecule has 15 nitrogen and oxygen atoms in total. The molecule has 2 rings (SSSR count). The van der Waals surface area contributed by atoms with Crippen LogP contribution >= 0.6 is 0 Å². The minimum Gasteiger partial charge on any atom is -0.462 e. The second-order valence-electron chi connectivity index (χ2n) is 21.3. The molecule has 0 saturated carbocycles. The summed E-state index contributed by atoms with van der Waals surface area (Å²) in [6, 6.07) is 7.18. The third kappa shape index (κ3) is 20.6. The molecule has 0 spiro atoms. The zero-order chi connectivity index (χ0) is 49.7. The predicted molar refractivity (Wildman–Crippen MR) is 252 cm³/mol. The Balaban J connectivity index is 2.57. The quantitative estimate of drug-likeness (QED) is 0.0171. The molecule has 0 bridgehead atoms. The molecule has 15 heteroatoms. The van der Waals surface area contributed by atoms with E-state index in [1.165, 1.54) is 51.4 Å². The van der Waals surface area contributed by atoms with Crippen molar-refractivity contribution in [1.29, 1.82) is 0 Å². The number of allylic oxidation sites excluding steroid dienone is 1. The van der Waals surface area contributed by atoms with Gasteiger partial charge in [-0.3, -0.25) is 19.2 Å². The van der Waals surface area contributed by atoms with Crippen molar-refractivity contribution in [3.63, 3.8) is 0 Å². The fraction of sp³-hybridized carbons (Fsp3) is 0.745. The summed E-state index contributed by atoms with van der Waals surface area (Å²) in [5.41, 5.74) is 5.97. The summed E-state index contributed by atoms with van der Waals surface area (Å²) in [5, 5.41) is 3.99. The van der Waals surface area contributed by atoms with E-state index < -0.39 is 108 Å². The third-order valence-corrected chi connectivity index (χ3v) is 10.7. The fourth-order valence-electron chi connectivity index (χ4n) is 6.45. The van der Waals surface area contributed by atoms with E-state index in [2.05, 4.69) is 16.9 Å². The smallest absolute Gasteiger partial charge is 0.338 e. The van der Waals surface area contributed by atoms with Crippen molar-refractivity contribution in [1.82, 2.24) is 0 Å². The number of nitrogens with zero attached hydrogens (tertiary/aromatic N) is 3. The van der Waals surface area contributed by atoms with Crippen LogP contribution in [0.4, 0.5) is 0 Å². The van der Waals surface area contributed by atoms with Crippen LogP contribution in [0.25, 0.3) is 10.4 Å². The molecule has 1 fully saturated rings. The maximum Gasteiger partial charge on any atom is 0.338 e. The Kier molecular flexibility index (Phi) is 23.9. The molecule has 1 aliphatic heterocycles. The van der Waals surface area contributed by atoms with Crippen molar-refractivity contribution in [2.45, 2.75) is 210 Å². The Morgan fingerprint density at radius 1 is 0.667 bits per heavy atom. The summed E-state index contributed by atoms with van der Waals surface area (Å²) in [6.45, 7) is 20.9. The Labute approximate surface area is 394 Å². The highest BCUT2D eigenvalue weighted by Crippen LogP contribution is 2.35. The first kappa shape index (κ1) is 57.7. The number of hydrogen-bond acceptors (Lipinski definition) is 13. The van der Waals surface area contributed by atoms with Gasteiger partial charge in [-0.05, 0) is 120 Å². The molecule has 66 heavy (non-hydrogen) atoms. The van der Waals surface area contributed by atoms with E-state index in [0.717, 1.165) is 19.3 Å². The first-order valence-electron chi connectivity index (χ1n) is 23.9. The van der Waals surface area contributed by atoms with Gasteiger partial charge in [-0.2, -0.15) is 0 Å². The summed E-state index contributed by atoms with van der Waals surface area (Å²) in [5.74, 6) is -3.42. The number of esters is 5.